The second kappa shape index (κ2) is 5.40. The molecule has 2 rings (SSSR count). The van der Waals surface area contributed by atoms with Crippen molar-refractivity contribution in [1.82, 2.24) is 0 Å². The molecule has 2 heterocycles. The smallest absolute Gasteiger partial charge is 0.306 e. The number of ether oxygens (including phenoxy) is 3. The molecule has 2 fully saturated rings. The van der Waals surface area contributed by atoms with Crippen molar-refractivity contribution >= 4 is 14.3 Å². The van der Waals surface area contributed by atoms with Gasteiger partial charge in [0.2, 0.25) is 0 Å². The van der Waals surface area contributed by atoms with Gasteiger partial charge in [0.15, 0.2) is 14.1 Å². The van der Waals surface area contributed by atoms with Crippen LogP contribution in [0.3, 0.4) is 0 Å². The molecule has 20 heavy (non-hydrogen) atoms. The van der Waals surface area contributed by atoms with Crippen molar-refractivity contribution in [1.29, 1.82) is 0 Å². The van der Waals surface area contributed by atoms with E-state index in [1.807, 2.05) is 20.8 Å². The molecule has 0 unspecified atom stereocenters. The van der Waals surface area contributed by atoms with Gasteiger partial charge >= 0.3 is 5.97 Å². The standard InChI is InChI=1S/C14H26O5Si/c1-9-7-11(15)17-12(9)13(19-20(4,5)6)10-8-16-14(2,3)18-10/h9-10,12-13H,7-8H2,1-6H3/t9-,10-,12-,13-/m1/s1. The summed E-state index contributed by atoms with van der Waals surface area (Å²) in [5, 5.41) is 0. The van der Waals surface area contributed by atoms with Crippen molar-refractivity contribution in [2.24, 2.45) is 5.92 Å². The molecule has 0 bridgehead atoms. The lowest BCUT2D eigenvalue weighted by Crippen LogP contribution is -2.49. The highest BCUT2D eigenvalue weighted by atomic mass is 28.4. The first-order valence-corrected chi connectivity index (χ1v) is 10.7. The molecule has 5 nitrogen and oxygen atoms in total. The van der Waals surface area contributed by atoms with Gasteiger partial charge in [-0.15, -0.1) is 0 Å². The molecule has 0 N–H and O–H groups in total. The average molecular weight is 302 g/mol. The van der Waals surface area contributed by atoms with Gasteiger partial charge in [0.25, 0.3) is 0 Å². The van der Waals surface area contributed by atoms with E-state index in [1.54, 1.807) is 0 Å². The molecular formula is C14H26O5Si. The van der Waals surface area contributed by atoms with Gasteiger partial charge in [0.1, 0.15) is 18.3 Å². The fourth-order valence-electron chi connectivity index (χ4n) is 2.73. The lowest BCUT2D eigenvalue weighted by atomic mass is 9.96. The Morgan fingerprint density at radius 1 is 1.35 bits per heavy atom. The van der Waals surface area contributed by atoms with Crippen LogP contribution < -0.4 is 0 Å². The molecule has 2 saturated heterocycles. The summed E-state index contributed by atoms with van der Waals surface area (Å²) in [7, 11) is -1.78. The van der Waals surface area contributed by atoms with Crippen LogP contribution in [0.5, 0.6) is 0 Å². The number of hydrogen-bond donors (Lipinski definition) is 0. The van der Waals surface area contributed by atoms with E-state index in [0.717, 1.165) is 0 Å². The number of carbonyl (C=O) groups excluding carboxylic acids is 1. The first-order valence-electron chi connectivity index (χ1n) is 7.26. The number of esters is 1. The maximum atomic E-state index is 11.5. The molecule has 116 valence electrons. The van der Waals surface area contributed by atoms with Crippen molar-refractivity contribution < 1.29 is 23.4 Å². The van der Waals surface area contributed by atoms with E-state index in [9.17, 15) is 4.79 Å². The summed E-state index contributed by atoms with van der Waals surface area (Å²) in [6.07, 6.45) is -0.218. The largest absolute Gasteiger partial charge is 0.459 e. The van der Waals surface area contributed by atoms with Crippen molar-refractivity contribution in [3.05, 3.63) is 0 Å². The Morgan fingerprint density at radius 3 is 2.40 bits per heavy atom. The first kappa shape index (κ1) is 15.9. The monoisotopic (exact) mass is 302 g/mol. The Hall–Kier alpha value is -0.433. The molecule has 6 heteroatoms. The third-order valence-electron chi connectivity index (χ3n) is 3.53. The van der Waals surface area contributed by atoms with Crippen molar-refractivity contribution in [2.75, 3.05) is 6.61 Å². The number of carbonyl (C=O) groups is 1. The summed E-state index contributed by atoms with van der Waals surface area (Å²) in [5.41, 5.74) is 0. The van der Waals surface area contributed by atoms with Crippen LogP contribution in [0.25, 0.3) is 0 Å². The normalized spacial score (nSPS) is 35.1. The van der Waals surface area contributed by atoms with E-state index in [2.05, 4.69) is 19.6 Å². The zero-order chi connectivity index (χ0) is 15.1. The minimum atomic E-state index is -1.78. The lowest BCUT2D eigenvalue weighted by molar-refractivity contribution is -0.165. The second-order valence-corrected chi connectivity index (χ2v) is 11.7. The predicted molar refractivity (Wildman–Crippen MR) is 76.8 cm³/mol. The van der Waals surface area contributed by atoms with E-state index < -0.39 is 14.1 Å². The van der Waals surface area contributed by atoms with Crippen LogP contribution in [-0.4, -0.2) is 45.0 Å². The fraction of sp³-hybridized carbons (Fsp3) is 0.929. The van der Waals surface area contributed by atoms with Crippen molar-refractivity contribution in [3.63, 3.8) is 0 Å². The van der Waals surface area contributed by atoms with Crippen molar-refractivity contribution in [3.8, 4) is 0 Å². The highest BCUT2D eigenvalue weighted by Crippen LogP contribution is 2.34. The summed E-state index contributed by atoms with van der Waals surface area (Å²) in [4.78, 5) is 11.5. The quantitative estimate of drug-likeness (QED) is 0.589. The minimum absolute atomic E-state index is 0.148. The van der Waals surface area contributed by atoms with Crippen LogP contribution in [0.4, 0.5) is 0 Å². The van der Waals surface area contributed by atoms with Crippen LogP contribution in [0.2, 0.25) is 19.6 Å². The Balaban J connectivity index is 2.15. The van der Waals surface area contributed by atoms with Gasteiger partial charge in [0.05, 0.1) is 13.0 Å². The molecule has 0 aliphatic carbocycles. The predicted octanol–water partition coefficient (Wildman–Crippen LogP) is 2.31. The van der Waals surface area contributed by atoms with Gasteiger partial charge in [-0.3, -0.25) is 4.79 Å². The molecular weight excluding hydrogens is 276 g/mol. The second-order valence-electron chi connectivity index (χ2n) is 7.20. The maximum Gasteiger partial charge on any atom is 0.306 e. The third kappa shape index (κ3) is 3.81. The SMILES string of the molecule is C[C@@H]1CC(=O)O[C@H]1[C@H](O[Si](C)(C)C)[C@H]1COC(C)(C)O1. The number of hydrogen-bond acceptors (Lipinski definition) is 5. The van der Waals surface area contributed by atoms with E-state index in [4.69, 9.17) is 18.6 Å². The van der Waals surface area contributed by atoms with E-state index in [-0.39, 0.29) is 30.2 Å². The molecule has 2 aliphatic rings. The number of rotatable bonds is 4. The fourth-order valence-corrected chi connectivity index (χ4v) is 3.83. The molecule has 0 amide bonds. The molecule has 0 spiro atoms. The summed E-state index contributed by atoms with van der Waals surface area (Å²) >= 11 is 0. The van der Waals surface area contributed by atoms with Crippen LogP contribution in [0, 0.1) is 5.92 Å². The van der Waals surface area contributed by atoms with Gasteiger partial charge < -0.3 is 18.6 Å². The summed E-state index contributed by atoms with van der Waals surface area (Å²) in [6.45, 7) is 12.7. The minimum Gasteiger partial charge on any atom is -0.459 e. The first-order chi connectivity index (χ1) is 9.07. The Bertz CT molecular complexity index is 376. The van der Waals surface area contributed by atoms with Crippen LogP contribution in [0.15, 0.2) is 0 Å². The maximum absolute atomic E-state index is 11.5. The highest BCUT2D eigenvalue weighted by molar-refractivity contribution is 6.69. The molecule has 0 aromatic rings. The number of cyclic esters (lactones) is 1. The Labute approximate surface area is 122 Å². The molecule has 2 aliphatic heterocycles. The topological polar surface area (TPSA) is 54.0 Å². The van der Waals surface area contributed by atoms with Crippen LogP contribution in [-0.2, 0) is 23.4 Å². The van der Waals surface area contributed by atoms with Crippen molar-refractivity contribution in [2.45, 2.75) is 70.9 Å². The Kier molecular flexibility index (Phi) is 4.31. The van der Waals surface area contributed by atoms with Crippen LogP contribution in [0.1, 0.15) is 27.2 Å². The molecule has 0 radical (unpaired) electrons. The summed E-state index contributed by atoms with van der Waals surface area (Å²) in [6, 6.07) is 0. The van der Waals surface area contributed by atoms with E-state index in [1.165, 1.54) is 0 Å². The average Bonchev–Trinajstić information content (AvgIpc) is 2.77. The van der Waals surface area contributed by atoms with Gasteiger partial charge in [-0.25, -0.2) is 0 Å². The van der Waals surface area contributed by atoms with Gasteiger partial charge in [0, 0.05) is 5.92 Å². The molecule has 0 aromatic carbocycles. The Morgan fingerprint density at radius 2 is 2.00 bits per heavy atom. The zero-order valence-corrected chi connectivity index (χ0v) is 14.3. The van der Waals surface area contributed by atoms with E-state index in [0.29, 0.717) is 13.0 Å². The summed E-state index contributed by atoms with van der Waals surface area (Å²) < 4.78 is 23.3. The zero-order valence-electron chi connectivity index (χ0n) is 13.3. The third-order valence-corrected chi connectivity index (χ3v) is 4.51. The van der Waals surface area contributed by atoms with E-state index >= 15 is 0 Å². The van der Waals surface area contributed by atoms with Gasteiger partial charge in [-0.2, -0.15) is 0 Å². The molecule has 0 saturated carbocycles. The molecule has 4 atom stereocenters. The van der Waals surface area contributed by atoms with Gasteiger partial charge in [-0.1, -0.05) is 6.92 Å². The van der Waals surface area contributed by atoms with Crippen LogP contribution >= 0.6 is 0 Å². The molecule has 0 aromatic heterocycles. The highest BCUT2D eigenvalue weighted by Gasteiger charge is 2.48. The van der Waals surface area contributed by atoms with Gasteiger partial charge in [-0.05, 0) is 33.5 Å². The lowest BCUT2D eigenvalue weighted by Gasteiger charge is -2.34. The summed E-state index contributed by atoms with van der Waals surface area (Å²) in [5.74, 6) is -0.599.